The fourth-order valence-corrected chi connectivity index (χ4v) is 2.58. The van der Waals surface area contributed by atoms with Gasteiger partial charge in [-0.3, -0.25) is 4.79 Å². The molecule has 142 valence electrons. The van der Waals surface area contributed by atoms with E-state index in [4.69, 9.17) is 14.6 Å². The maximum atomic E-state index is 11.9. The Hall–Kier alpha value is -1.31. The Kier molecular flexibility index (Phi) is 9.24. The highest BCUT2D eigenvalue weighted by atomic mass is 79.9. The van der Waals surface area contributed by atoms with Crippen molar-refractivity contribution in [3.63, 3.8) is 0 Å². The lowest BCUT2D eigenvalue weighted by atomic mass is 10.1. The molecular formula is C18H29BrN2O4. The summed E-state index contributed by atoms with van der Waals surface area (Å²) in [6.07, 6.45) is 0.708. The van der Waals surface area contributed by atoms with Crippen LogP contribution in [0, 0.1) is 0 Å². The number of halogens is 1. The molecule has 0 aliphatic carbocycles. The average Bonchev–Trinajstić information content (AvgIpc) is 2.51. The summed E-state index contributed by atoms with van der Waals surface area (Å²) < 4.78 is 12.2. The Morgan fingerprint density at radius 2 is 1.92 bits per heavy atom. The van der Waals surface area contributed by atoms with Crippen LogP contribution >= 0.6 is 15.9 Å². The third kappa shape index (κ3) is 8.56. The van der Waals surface area contributed by atoms with E-state index < -0.39 is 0 Å². The molecule has 1 rings (SSSR count). The molecule has 1 aromatic rings. The summed E-state index contributed by atoms with van der Waals surface area (Å²) in [5.41, 5.74) is 0.723. The molecule has 25 heavy (non-hydrogen) atoms. The van der Waals surface area contributed by atoms with Crippen LogP contribution in [0.1, 0.15) is 39.7 Å². The minimum atomic E-state index is -0.298. The van der Waals surface area contributed by atoms with Gasteiger partial charge in [0.2, 0.25) is 0 Å². The molecule has 0 heterocycles. The smallest absolute Gasteiger partial charge is 0.258 e. The lowest BCUT2D eigenvalue weighted by Gasteiger charge is -2.21. The highest BCUT2D eigenvalue weighted by Gasteiger charge is 2.16. The van der Waals surface area contributed by atoms with Crippen molar-refractivity contribution >= 4 is 21.8 Å². The van der Waals surface area contributed by atoms with Crippen molar-refractivity contribution < 1.29 is 19.4 Å². The number of aliphatic hydroxyl groups excluding tert-OH is 1. The van der Waals surface area contributed by atoms with Crippen molar-refractivity contribution in [2.75, 3.05) is 26.4 Å². The van der Waals surface area contributed by atoms with E-state index in [0.717, 1.165) is 16.6 Å². The van der Waals surface area contributed by atoms with Gasteiger partial charge in [0.15, 0.2) is 18.1 Å². The highest BCUT2D eigenvalue weighted by molar-refractivity contribution is 9.10. The second kappa shape index (κ2) is 10.6. The molecular weight excluding hydrogens is 388 g/mol. The molecule has 0 aliphatic rings. The van der Waals surface area contributed by atoms with Crippen molar-refractivity contribution in [1.29, 1.82) is 0 Å². The second-order valence-electron chi connectivity index (χ2n) is 6.66. The molecule has 7 heteroatoms. The molecule has 3 N–H and O–H groups in total. The fourth-order valence-electron chi connectivity index (χ4n) is 2.12. The number of rotatable bonds is 10. The van der Waals surface area contributed by atoms with E-state index in [1.807, 2.05) is 39.8 Å². The first kappa shape index (κ1) is 21.7. The van der Waals surface area contributed by atoms with Gasteiger partial charge in [0.1, 0.15) is 0 Å². The number of carbonyl (C=O) groups is 1. The molecule has 0 radical (unpaired) electrons. The van der Waals surface area contributed by atoms with Crippen LogP contribution < -0.4 is 20.1 Å². The van der Waals surface area contributed by atoms with E-state index in [2.05, 4.69) is 26.6 Å². The molecule has 0 aliphatic heterocycles. The van der Waals surface area contributed by atoms with E-state index in [1.54, 1.807) is 0 Å². The van der Waals surface area contributed by atoms with Gasteiger partial charge in [0, 0.05) is 23.2 Å². The van der Waals surface area contributed by atoms with Gasteiger partial charge < -0.3 is 25.2 Å². The Bertz CT molecular complexity index is 559. The molecule has 0 spiro atoms. The van der Waals surface area contributed by atoms with Crippen LogP contribution in [0.4, 0.5) is 0 Å². The van der Waals surface area contributed by atoms with Crippen molar-refractivity contribution in [3.8, 4) is 11.5 Å². The normalized spacial score (nSPS) is 11.3. The highest BCUT2D eigenvalue weighted by Crippen LogP contribution is 2.34. The van der Waals surface area contributed by atoms with E-state index in [9.17, 15) is 4.79 Å². The number of hydrogen-bond donors (Lipinski definition) is 3. The van der Waals surface area contributed by atoms with Gasteiger partial charge in [0.25, 0.3) is 5.91 Å². The molecule has 0 aromatic heterocycles. The molecule has 6 nitrogen and oxygen atoms in total. The minimum absolute atomic E-state index is 0.0715. The maximum Gasteiger partial charge on any atom is 0.258 e. The van der Waals surface area contributed by atoms with Crippen LogP contribution in [-0.4, -0.2) is 42.9 Å². The van der Waals surface area contributed by atoms with Gasteiger partial charge in [-0.15, -0.1) is 0 Å². The van der Waals surface area contributed by atoms with Gasteiger partial charge >= 0.3 is 0 Å². The molecule has 0 atom stereocenters. The predicted octanol–water partition coefficient (Wildman–Crippen LogP) is 2.61. The summed E-state index contributed by atoms with van der Waals surface area (Å²) in [5, 5.41) is 14.9. The quantitative estimate of drug-likeness (QED) is 0.510. The summed E-state index contributed by atoms with van der Waals surface area (Å²) in [5.74, 6) is 0.950. The zero-order valence-corrected chi connectivity index (χ0v) is 17.0. The number of hydrogen-bond acceptors (Lipinski definition) is 5. The number of ether oxygens (including phenoxy) is 2. The number of benzene rings is 1. The Labute approximate surface area is 158 Å². The van der Waals surface area contributed by atoms with Gasteiger partial charge in [-0.1, -0.05) is 15.9 Å². The summed E-state index contributed by atoms with van der Waals surface area (Å²) in [6.45, 7) is 9.65. The number of nitrogens with one attached hydrogen (secondary N) is 2. The first-order valence-electron chi connectivity index (χ1n) is 8.47. The largest absolute Gasteiger partial charge is 0.490 e. The first-order chi connectivity index (χ1) is 11.8. The minimum Gasteiger partial charge on any atom is -0.490 e. The van der Waals surface area contributed by atoms with E-state index in [-0.39, 0.29) is 24.7 Å². The van der Waals surface area contributed by atoms with Gasteiger partial charge in [0.05, 0.1) is 6.61 Å². The maximum absolute atomic E-state index is 11.9. The third-order valence-electron chi connectivity index (χ3n) is 3.11. The molecule has 0 unspecified atom stereocenters. The Balaban J connectivity index is 2.77. The first-order valence-corrected chi connectivity index (χ1v) is 9.26. The van der Waals surface area contributed by atoms with Crippen molar-refractivity contribution in [1.82, 2.24) is 10.6 Å². The van der Waals surface area contributed by atoms with E-state index in [0.29, 0.717) is 31.1 Å². The van der Waals surface area contributed by atoms with Crippen LogP contribution in [0.25, 0.3) is 0 Å². The Morgan fingerprint density at radius 1 is 1.24 bits per heavy atom. The monoisotopic (exact) mass is 416 g/mol. The Morgan fingerprint density at radius 3 is 2.52 bits per heavy atom. The standard InChI is InChI=1S/C18H29BrN2O4/c1-5-24-15-9-13(11-20-7-6-8-22)14(19)10-16(15)25-12-17(23)21-18(2,3)4/h9-10,20,22H,5-8,11-12H2,1-4H3,(H,21,23). The van der Waals surface area contributed by atoms with E-state index >= 15 is 0 Å². The van der Waals surface area contributed by atoms with Gasteiger partial charge in [-0.2, -0.15) is 0 Å². The summed E-state index contributed by atoms with van der Waals surface area (Å²) >= 11 is 3.53. The number of amides is 1. The summed E-state index contributed by atoms with van der Waals surface area (Å²) in [6, 6.07) is 3.72. The molecule has 1 amide bonds. The number of aliphatic hydroxyl groups is 1. The lowest BCUT2D eigenvalue weighted by molar-refractivity contribution is -0.124. The van der Waals surface area contributed by atoms with Crippen molar-refractivity contribution in [2.45, 2.75) is 46.2 Å². The number of carbonyl (C=O) groups excluding carboxylic acids is 1. The molecule has 1 aromatic carbocycles. The van der Waals surface area contributed by atoms with Gasteiger partial charge in [-0.05, 0) is 58.4 Å². The SMILES string of the molecule is CCOc1cc(CNCCCO)c(Br)cc1OCC(=O)NC(C)(C)C. The summed E-state index contributed by atoms with van der Waals surface area (Å²) in [7, 11) is 0. The van der Waals surface area contributed by atoms with E-state index in [1.165, 1.54) is 0 Å². The van der Waals surface area contributed by atoms with Crippen LogP contribution in [0.5, 0.6) is 11.5 Å². The van der Waals surface area contributed by atoms with Crippen LogP contribution in [0.2, 0.25) is 0 Å². The zero-order chi connectivity index (χ0) is 18.9. The van der Waals surface area contributed by atoms with Crippen LogP contribution in [0.3, 0.4) is 0 Å². The van der Waals surface area contributed by atoms with Crippen LogP contribution in [0.15, 0.2) is 16.6 Å². The topological polar surface area (TPSA) is 79.8 Å². The van der Waals surface area contributed by atoms with Gasteiger partial charge in [-0.25, -0.2) is 0 Å². The molecule has 0 bridgehead atoms. The molecule has 0 saturated carbocycles. The van der Waals surface area contributed by atoms with Crippen LogP contribution in [-0.2, 0) is 11.3 Å². The molecule has 0 saturated heterocycles. The van der Waals surface area contributed by atoms with Crippen molar-refractivity contribution in [3.05, 3.63) is 22.2 Å². The second-order valence-corrected chi connectivity index (χ2v) is 7.52. The van der Waals surface area contributed by atoms with Crippen molar-refractivity contribution in [2.24, 2.45) is 0 Å². The fraction of sp³-hybridized carbons (Fsp3) is 0.611. The molecule has 0 fully saturated rings. The average molecular weight is 417 g/mol. The lowest BCUT2D eigenvalue weighted by Crippen LogP contribution is -2.43. The third-order valence-corrected chi connectivity index (χ3v) is 3.85. The summed E-state index contributed by atoms with van der Waals surface area (Å²) in [4.78, 5) is 11.9. The predicted molar refractivity (Wildman–Crippen MR) is 102 cm³/mol. The zero-order valence-electron chi connectivity index (χ0n) is 15.4.